The summed E-state index contributed by atoms with van der Waals surface area (Å²) < 4.78 is 48.4. The number of esters is 1. The minimum absolute atomic E-state index is 0.0213. The lowest BCUT2D eigenvalue weighted by atomic mass is 10.1. The van der Waals surface area contributed by atoms with Gasteiger partial charge in [-0.2, -0.15) is 13.2 Å². The summed E-state index contributed by atoms with van der Waals surface area (Å²) >= 11 is 0. The zero-order valence-electron chi connectivity index (χ0n) is 19.5. The standard InChI is InChI=1S/C27H25F3N2O4/c1-35-20-10-7-18(8-11-20)15-31-23-14-22(23)19-9-12-21(24(13-19)36-26(34)27(28,29)30)25(33)32-16-17-5-3-2-4-6-17/h2-13,22-23,31H,14-16H2,1H3,(H,32,33). The van der Waals surface area contributed by atoms with Gasteiger partial charge in [-0.25, -0.2) is 4.79 Å². The summed E-state index contributed by atoms with van der Waals surface area (Å²) in [6.45, 7) is 0.787. The van der Waals surface area contributed by atoms with E-state index in [4.69, 9.17) is 4.74 Å². The van der Waals surface area contributed by atoms with E-state index in [2.05, 4.69) is 15.4 Å². The fraction of sp³-hybridized carbons (Fsp3) is 0.259. The smallest absolute Gasteiger partial charge is 0.491 e. The molecule has 2 atom stereocenters. The van der Waals surface area contributed by atoms with Crippen LogP contribution in [-0.4, -0.2) is 31.2 Å². The van der Waals surface area contributed by atoms with E-state index < -0.39 is 23.8 Å². The molecule has 3 aromatic rings. The van der Waals surface area contributed by atoms with Crippen LogP contribution in [-0.2, 0) is 17.9 Å². The lowest BCUT2D eigenvalue weighted by Gasteiger charge is -2.14. The molecular weight excluding hydrogens is 473 g/mol. The van der Waals surface area contributed by atoms with Crippen molar-refractivity contribution < 1.29 is 32.2 Å². The third-order valence-electron chi connectivity index (χ3n) is 5.93. The Morgan fingerprint density at radius 1 is 0.944 bits per heavy atom. The fourth-order valence-corrected chi connectivity index (χ4v) is 3.85. The van der Waals surface area contributed by atoms with E-state index in [1.54, 1.807) is 25.3 Å². The molecule has 0 radical (unpaired) electrons. The predicted molar refractivity (Wildman–Crippen MR) is 127 cm³/mol. The van der Waals surface area contributed by atoms with Crippen LogP contribution in [0.5, 0.6) is 11.5 Å². The van der Waals surface area contributed by atoms with Gasteiger partial charge in [0, 0.05) is 25.0 Å². The van der Waals surface area contributed by atoms with E-state index >= 15 is 0 Å². The van der Waals surface area contributed by atoms with Gasteiger partial charge in [0.2, 0.25) is 0 Å². The molecule has 0 aromatic heterocycles. The SMILES string of the molecule is COc1ccc(CNC2CC2c2ccc(C(=O)NCc3ccccc3)c(OC(=O)C(F)(F)F)c2)cc1. The molecule has 6 nitrogen and oxygen atoms in total. The number of rotatable bonds is 9. The van der Waals surface area contributed by atoms with Crippen molar-refractivity contribution in [2.45, 2.75) is 37.6 Å². The van der Waals surface area contributed by atoms with Gasteiger partial charge in [0.25, 0.3) is 5.91 Å². The summed E-state index contributed by atoms with van der Waals surface area (Å²) in [7, 11) is 1.60. The number of methoxy groups -OCH3 is 1. The molecule has 1 fully saturated rings. The quantitative estimate of drug-likeness (QED) is 0.329. The van der Waals surface area contributed by atoms with Crippen LogP contribution in [0.1, 0.15) is 39.4 Å². The van der Waals surface area contributed by atoms with Crippen LogP contribution in [0.15, 0.2) is 72.8 Å². The molecule has 1 aliphatic rings. The summed E-state index contributed by atoms with van der Waals surface area (Å²) in [4.78, 5) is 24.3. The fourth-order valence-electron chi connectivity index (χ4n) is 3.85. The van der Waals surface area contributed by atoms with Gasteiger partial charge in [-0.3, -0.25) is 4.79 Å². The van der Waals surface area contributed by atoms with E-state index in [1.165, 1.54) is 12.1 Å². The summed E-state index contributed by atoms with van der Waals surface area (Å²) in [5.41, 5.74) is 2.43. The van der Waals surface area contributed by atoms with Crippen LogP contribution in [0.2, 0.25) is 0 Å². The maximum Gasteiger partial charge on any atom is 0.491 e. The van der Waals surface area contributed by atoms with E-state index in [-0.39, 0.29) is 24.1 Å². The number of nitrogens with one attached hydrogen (secondary N) is 2. The molecule has 188 valence electrons. The Morgan fingerprint density at radius 3 is 2.31 bits per heavy atom. The number of amides is 1. The van der Waals surface area contributed by atoms with Gasteiger partial charge >= 0.3 is 12.1 Å². The third-order valence-corrected chi connectivity index (χ3v) is 5.93. The Morgan fingerprint density at radius 2 is 1.64 bits per heavy atom. The average Bonchev–Trinajstić information content (AvgIpc) is 3.66. The Kier molecular flexibility index (Phi) is 7.59. The first-order valence-electron chi connectivity index (χ1n) is 11.4. The molecule has 1 aliphatic carbocycles. The van der Waals surface area contributed by atoms with Crippen LogP contribution in [0.3, 0.4) is 0 Å². The van der Waals surface area contributed by atoms with Gasteiger partial charge in [-0.15, -0.1) is 0 Å². The molecule has 0 saturated heterocycles. The second-order valence-electron chi connectivity index (χ2n) is 8.49. The molecular formula is C27H25F3N2O4. The largest absolute Gasteiger partial charge is 0.497 e. The molecule has 36 heavy (non-hydrogen) atoms. The predicted octanol–water partition coefficient (Wildman–Crippen LogP) is 4.74. The summed E-state index contributed by atoms with van der Waals surface area (Å²) in [6, 6.07) is 21.2. The van der Waals surface area contributed by atoms with Crippen molar-refractivity contribution in [3.63, 3.8) is 0 Å². The van der Waals surface area contributed by atoms with Crippen molar-refractivity contribution >= 4 is 11.9 Å². The van der Waals surface area contributed by atoms with Crippen molar-refractivity contribution in [3.8, 4) is 11.5 Å². The lowest BCUT2D eigenvalue weighted by molar-refractivity contribution is -0.189. The number of hydrogen-bond donors (Lipinski definition) is 2. The molecule has 2 N–H and O–H groups in total. The summed E-state index contributed by atoms with van der Waals surface area (Å²) in [6.07, 6.45) is -4.42. The van der Waals surface area contributed by atoms with Crippen LogP contribution >= 0.6 is 0 Å². The Labute approximate surface area is 206 Å². The monoisotopic (exact) mass is 498 g/mol. The highest BCUT2D eigenvalue weighted by Crippen LogP contribution is 2.42. The molecule has 0 heterocycles. The van der Waals surface area contributed by atoms with Crippen molar-refractivity contribution in [3.05, 3.63) is 95.1 Å². The molecule has 2 unspecified atom stereocenters. The van der Waals surface area contributed by atoms with Crippen molar-refractivity contribution in [2.75, 3.05) is 7.11 Å². The van der Waals surface area contributed by atoms with Gasteiger partial charge in [0.15, 0.2) is 0 Å². The third kappa shape index (κ3) is 6.42. The molecule has 0 spiro atoms. The number of ether oxygens (including phenoxy) is 2. The number of carbonyl (C=O) groups is 2. The number of carbonyl (C=O) groups excluding carboxylic acids is 2. The average molecular weight is 499 g/mol. The van der Waals surface area contributed by atoms with E-state index in [0.717, 1.165) is 23.3 Å². The lowest BCUT2D eigenvalue weighted by Crippen LogP contribution is -2.30. The van der Waals surface area contributed by atoms with Crippen molar-refractivity contribution in [1.29, 1.82) is 0 Å². The van der Waals surface area contributed by atoms with Crippen LogP contribution in [0, 0.1) is 0 Å². The summed E-state index contributed by atoms with van der Waals surface area (Å²) in [5, 5.41) is 6.07. The summed E-state index contributed by atoms with van der Waals surface area (Å²) in [5.74, 6) is -2.65. The maximum atomic E-state index is 12.9. The normalized spacial score (nSPS) is 16.8. The molecule has 4 rings (SSSR count). The zero-order chi connectivity index (χ0) is 25.7. The Hall–Kier alpha value is -3.85. The van der Waals surface area contributed by atoms with E-state index in [0.29, 0.717) is 12.1 Å². The molecule has 3 aromatic carbocycles. The van der Waals surface area contributed by atoms with Crippen molar-refractivity contribution in [2.24, 2.45) is 0 Å². The molecule has 0 aliphatic heterocycles. The maximum absolute atomic E-state index is 12.9. The van der Waals surface area contributed by atoms with Crippen molar-refractivity contribution in [1.82, 2.24) is 10.6 Å². The molecule has 1 amide bonds. The highest BCUT2D eigenvalue weighted by Gasteiger charge is 2.43. The van der Waals surface area contributed by atoms with Gasteiger partial charge < -0.3 is 20.1 Å². The van der Waals surface area contributed by atoms with Crippen LogP contribution in [0.25, 0.3) is 0 Å². The Balaban J connectivity index is 1.45. The first-order valence-corrected chi connectivity index (χ1v) is 11.4. The molecule has 0 bridgehead atoms. The van der Waals surface area contributed by atoms with Gasteiger partial charge in [-0.05, 0) is 47.4 Å². The highest BCUT2D eigenvalue weighted by molar-refractivity contribution is 5.98. The number of alkyl halides is 3. The van der Waals surface area contributed by atoms with E-state index in [9.17, 15) is 22.8 Å². The minimum atomic E-state index is -5.18. The molecule has 1 saturated carbocycles. The van der Waals surface area contributed by atoms with Gasteiger partial charge in [-0.1, -0.05) is 48.5 Å². The first kappa shape index (κ1) is 25.2. The van der Waals surface area contributed by atoms with E-state index in [1.807, 2.05) is 42.5 Å². The van der Waals surface area contributed by atoms with Crippen LogP contribution in [0.4, 0.5) is 13.2 Å². The highest BCUT2D eigenvalue weighted by atomic mass is 19.4. The van der Waals surface area contributed by atoms with Gasteiger partial charge in [0.1, 0.15) is 11.5 Å². The number of hydrogen-bond acceptors (Lipinski definition) is 5. The van der Waals surface area contributed by atoms with Gasteiger partial charge in [0.05, 0.1) is 12.7 Å². The first-order chi connectivity index (χ1) is 17.2. The topological polar surface area (TPSA) is 76.7 Å². The second kappa shape index (κ2) is 10.8. The molecule has 9 heteroatoms. The number of benzene rings is 3. The number of halogens is 3. The minimum Gasteiger partial charge on any atom is -0.497 e. The Bertz CT molecular complexity index is 1210. The second-order valence-corrected chi connectivity index (χ2v) is 8.49. The van der Waals surface area contributed by atoms with Crippen LogP contribution < -0.4 is 20.1 Å². The zero-order valence-corrected chi connectivity index (χ0v) is 19.5.